The summed E-state index contributed by atoms with van der Waals surface area (Å²) in [5, 5.41) is 0.707. The van der Waals surface area contributed by atoms with E-state index in [0.717, 1.165) is 29.7 Å². The molecule has 2 rings (SSSR count). The van der Waals surface area contributed by atoms with Crippen LogP contribution in [0.4, 0.5) is 4.79 Å². The fourth-order valence-electron chi connectivity index (χ4n) is 1.59. The number of carbonyl (C=O) groups excluding carboxylic acids is 1. The number of aromatic nitrogens is 2. The van der Waals surface area contributed by atoms with Crippen molar-refractivity contribution in [3.63, 3.8) is 0 Å². The number of amides is 1. The van der Waals surface area contributed by atoms with Crippen molar-refractivity contribution >= 4 is 28.5 Å². The second kappa shape index (κ2) is 6.91. The minimum absolute atomic E-state index is 0.113. The zero-order valence-electron chi connectivity index (χ0n) is 12.5. The number of ether oxygens (including phenoxy) is 3. The highest BCUT2D eigenvalue weighted by Crippen LogP contribution is 2.28. The van der Waals surface area contributed by atoms with Gasteiger partial charge in [0.25, 0.3) is 10.4 Å². The third-order valence-electron chi connectivity index (χ3n) is 2.96. The number of nitrogens with zero attached hydrogens (tertiary/aromatic N) is 3. The normalized spacial score (nSPS) is 25.0. The molecule has 0 aromatic carbocycles. The molecule has 7 nitrogen and oxygen atoms in total. The lowest BCUT2D eigenvalue weighted by Gasteiger charge is -2.20. The van der Waals surface area contributed by atoms with Crippen molar-refractivity contribution < 1.29 is 19.0 Å². The molecule has 0 radical (unpaired) electrons. The first-order chi connectivity index (χ1) is 9.92. The SMILES string of the molecule is CCC1(C)OCC(COc2nc(SC(=O)N(C)C)ns2)O1. The molecule has 1 aromatic rings. The van der Waals surface area contributed by atoms with Crippen molar-refractivity contribution in [2.75, 3.05) is 27.3 Å². The molecule has 0 bridgehead atoms. The van der Waals surface area contributed by atoms with Crippen LogP contribution in [0, 0.1) is 0 Å². The molecule has 1 saturated heterocycles. The fraction of sp³-hybridized carbons (Fsp3) is 0.750. The van der Waals surface area contributed by atoms with E-state index >= 15 is 0 Å². The van der Waals surface area contributed by atoms with E-state index in [1.165, 1.54) is 4.90 Å². The van der Waals surface area contributed by atoms with E-state index in [-0.39, 0.29) is 11.3 Å². The summed E-state index contributed by atoms with van der Waals surface area (Å²) < 4.78 is 21.0. The Morgan fingerprint density at radius 1 is 1.62 bits per heavy atom. The van der Waals surface area contributed by atoms with Crippen molar-refractivity contribution in [2.24, 2.45) is 0 Å². The molecule has 2 atom stereocenters. The van der Waals surface area contributed by atoms with Gasteiger partial charge in [-0.3, -0.25) is 4.79 Å². The maximum Gasteiger partial charge on any atom is 0.294 e. The lowest BCUT2D eigenvalue weighted by atomic mass is 10.2. The number of carbonyl (C=O) groups is 1. The Morgan fingerprint density at radius 3 is 3.00 bits per heavy atom. The van der Waals surface area contributed by atoms with Gasteiger partial charge >= 0.3 is 0 Å². The summed E-state index contributed by atoms with van der Waals surface area (Å²) in [6.07, 6.45) is 0.675. The van der Waals surface area contributed by atoms with Gasteiger partial charge in [-0.2, -0.15) is 9.36 Å². The molecule has 0 spiro atoms. The molecule has 2 unspecified atom stereocenters. The lowest BCUT2D eigenvalue weighted by molar-refractivity contribution is -0.157. The van der Waals surface area contributed by atoms with Crippen molar-refractivity contribution in [3.05, 3.63) is 0 Å². The van der Waals surface area contributed by atoms with Gasteiger partial charge in [0, 0.05) is 37.4 Å². The van der Waals surface area contributed by atoms with Gasteiger partial charge in [0.2, 0.25) is 5.16 Å². The van der Waals surface area contributed by atoms with Gasteiger partial charge in [-0.05, 0) is 13.3 Å². The minimum atomic E-state index is -0.520. The van der Waals surface area contributed by atoms with Crippen LogP contribution >= 0.6 is 23.3 Å². The summed E-state index contributed by atoms with van der Waals surface area (Å²) in [5.74, 6) is -0.520. The van der Waals surface area contributed by atoms with E-state index < -0.39 is 5.79 Å². The van der Waals surface area contributed by atoms with Crippen LogP contribution in [0.15, 0.2) is 5.16 Å². The molecule has 21 heavy (non-hydrogen) atoms. The standard InChI is InChI=1S/C12H19N3O4S2/c1-5-12(2)18-7-8(19-12)6-17-10-13-9(14-21-10)20-11(16)15(3)4/h8H,5-7H2,1-4H3. The molecule has 0 saturated carbocycles. The zero-order valence-corrected chi connectivity index (χ0v) is 14.1. The predicted octanol–water partition coefficient (Wildman–Crippen LogP) is 2.23. The summed E-state index contributed by atoms with van der Waals surface area (Å²) in [7, 11) is 3.36. The summed E-state index contributed by atoms with van der Waals surface area (Å²) >= 11 is 2.09. The smallest absolute Gasteiger partial charge is 0.294 e. The van der Waals surface area contributed by atoms with Crippen molar-refractivity contribution in [1.82, 2.24) is 14.3 Å². The Hall–Kier alpha value is -0.900. The third-order valence-corrected chi connectivity index (χ3v) is 4.61. The molecule has 0 N–H and O–H groups in total. The molecular formula is C12H19N3O4S2. The van der Waals surface area contributed by atoms with Crippen LogP contribution in [0.5, 0.6) is 5.19 Å². The molecule has 1 amide bonds. The Bertz CT molecular complexity index is 497. The van der Waals surface area contributed by atoms with Crippen LogP contribution in [0.3, 0.4) is 0 Å². The van der Waals surface area contributed by atoms with E-state index in [2.05, 4.69) is 9.36 Å². The second-order valence-corrected chi connectivity index (χ2v) is 6.59. The van der Waals surface area contributed by atoms with E-state index in [4.69, 9.17) is 14.2 Å². The van der Waals surface area contributed by atoms with Crippen molar-refractivity contribution in [1.29, 1.82) is 0 Å². The Balaban J connectivity index is 1.80. The molecule has 118 valence electrons. The van der Waals surface area contributed by atoms with Gasteiger partial charge in [0.05, 0.1) is 6.61 Å². The second-order valence-electron chi connectivity index (χ2n) is 4.95. The maximum atomic E-state index is 11.5. The Kier molecular flexibility index (Phi) is 5.42. The topological polar surface area (TPSA) is 73.8 Å². The van der Waals surface area contributed by atoms with E-state index in [1.54, 1.807) is 14.1 Å². The number of hydrogen-bond acceptors (Lipinski definition) is 8. The zero-order chi connectivity index (χ0) is 15.5. The summed E-state index contributed by atoms with van der Waals surface area (Å²) in [4.78, 5) is 17.2. The van der Waals surface area contributed by atoms with Gasteiger partial charge < -0.3 is 19.1 Å². The molecular weight excluding hydrogens is 314 g/mol. The highest BCUT2D eigenvalue weighted by molar-refractivity contribution is 8.13. The number of thioether (sulfide) groups is 1. The average Bonchev–Trinajstić information content (AvgIpc) is 3.04. The molecule has 1 aromatic heterocycles. The molecule has 2 heterocycles. The predicted molar refractivity (Wildman–Crippen MR) is 79.9 cm³/mol. The van der Waals surface area contributed by atoms with Crippen LogP contribution in [0.25, 0.3) is 0 Å². The first-order valence-electron chi connectivity index (χ1n) is 6.59. The van der Waals surface area contributed by atoms with Crippen LogP contribution in [0.1, 0.15) is 20.3 Å². The highest BCUT2D eigenvalue weighted by atomic mass is 32.2. The Morgan fingerprint density at radius 2 is 2.38 bits per heavy atom. The number of hydrogen-bond donors (Lipinski definition) is 0. The fourth-order valence-corrected chi connectivity index (χ4v) is 2.82. The molecule has 1 aliphatic rings. The number of rotatable bonds is 5. The monoisotopic (exact) mass is 333 g/mol. The van der Waals surface area contributed by atoms with Gasteiger partial charge in [0.15, 0.2) is 5.79 Å². The third kappa shape index (κ3) is 4.53. The van der Waals surface area contributed by atoms with E-state index in [9.17, 15) is 4.79 Å². The first kappa shape index (κ1) is 16.5. The van der Waals surface area contributed by atoms with Gasteiger partial charge in [-0.1, -0.05) is 6.92 Å². The van der Waals surface area contributed by atoms with E-state index in [0.29, 0.717) is 23.6 Å². The average molecular weight is 333 g/mol. The molecule has 0 aliphatic carbocycles. The van der Waals surface area contributed by atoms with E-state index in [1.807, 2.05) is 13.8 Å². The highest BCUT2D eigenvalue weighted by Gasteiger charge is 2.35. The quantitative estimate of drug-likeness (QED) is 0.765. The van der Waals surface area contributed by atoms with Crippen molar-refractivity contribution in [3.8, 4) is 5.19 Å². The molecule has 1 aliphatic heterocycles. The molecule has 1 fully saturated rings. The first-order valence-corrected chi connectivity index (χ1v) is 8.18. The van der Waals surface area contributed by atoms with Gasteiger partial charge in [-0.25, -0.2) is 0 Å². The minimum Gasteiger partial charge on any atom is -0.466 e. The van der Waals surface area contributed by atoms with Crippen LogP contribution < -0.4 is 4.74 Å². The summed E-state index contributed by atoms with van der Waals surface area (Å²) in [6.45, 7) is 4.79. The molecule has 9 heteroatoms. The Labute approximate surface area is 132 Å². The van der Waals surface area contributed by atoms with Gasteiger partial charge in [0.1, 0.15) is 12.7 Å². The lowest BCUT2D eigenvalue weighted by Crippen LogP contribution is -2.27. The van der Waals surface area contributed by atoms with Crippen molar-refractivity contribution in [2.45, 2.75) is 37.3 Å². The van der Waals surface area contributed by atoms with Crippen LogP contribution in [-0.4, -0.2) is 58.7 Å². The van der Waals surface area contributed by atoms with Crippen LogP contribution in [-0.2, 0) is 9.47 Å². The summed E-state index contributed by atoms with van der Waals surface area (Å²) in [5.41, 5.74) is 0. The summed E-state index contributed by atoms with van der Waals surface area (Å²) in [6, 6.07) is 0. The van der Waals surface area contributed by atoms with Gasteiger partial charge in [-0.15, -0.1) is 0 Å². The van der Waals surface area contributed by atoms with Crippen LogP contribution in [0.2, 0.25) is 0 Å². The largest absolute Gasteiger partial charge is 0.466 e. The maximum absolute atomic E-state index is 11.5.